The Hall–Kier alpha value is -0.880. The monoisotopic (exact) mass is 259 g/mol. The number of sulfonamides is 1. The van der Waals surface area contributed by atoms with Gasteiger partial charge in [-0.05, 0) is 41.5 Å². The van der Waals surface area contributed by atoms with Gasteiger partial charge >= 0.3 is 0 Å². The molecule has 0 unspecified atom stereocenters. The second-order valence-corrected chi connectivity index (χ2v) is 7.16. The standard InChI is InChI=1S/C11H21N3O2S/c1-8(2)14-7-10(9(3)12-14)17(15,16)13-11(4,5)6/h7-8,13H,1-6H3. The number of nitrogens with zero attached hydrogens (tertiary/aromatic N) is 2. The van der Waals surface area contributed by atoms with E-state index in [-0.39, 0.29) is 10.9 Å². The number of hydrogen-bond donors (Lipinski definition) is 1. The lowest BCUT2D eigenvalue weighted by molar-refractivity contribution is 0.491. The van der Waals surface area contributed by atoms with Crippen LogP contribution in [0.4, 0.5) is 0 Å². The highest BCUT2D eigenvalue weighted by molar-refractivity contribution is 7.89. The minimum absolute atomic E-state index is 0.146. The van der Waals surface area contributed by atoms with Gasteiger partial charge in [0.15, 0.2) is 0 Å². The van der Waals surface area contributed by atoms with Crippen LogP contribution in [0.3, 0.4) is 0 Å². The van der Waals surface area contributed by atoms with Crippen LogP contribution >= 0.6 is 0 Å². The summed E-state index contributed by atoms with van der Waals surface area (Å²) >= 11 is 0. The Bertz CT molecular complexity index is 495. The molecule has 0 spiro atoms. The highest BCUT2D eigenvalue weighted by Gasteiger charge is 2.25. The summed E-state index contributed by atoms with van der Waals surface area (Å²) in [6.07, 6.45) is 1.58. The maximum absolute atomic E-state index is 12.1. The van der Waals surface area contributed by atoms with E-state index < -0.39 is 15.6 Å². The van der Waals surface area contributed by atoms with Crippen LogP contribution in [-0.2, 0) is 10.0 Å². The molecule has 0 amide bonds. The molecule has 1 heterocycles. The van der Waals surface area contributed by atoms with Gasteiger partial charge in [-0.25, -0.2) is 13.1 Å². The van der Waals surface area contributed by atoms with Crippen LogP contribution in [0.15, 0.2) is 11.1 Å². The molecule has 0 radical (unpaired) electrons. The van der Waals surface area contributed by atoms with E-state index in [0.29, 0.717) is 5.69 Å². The fraction of sp³-hybridized carbons (Fsp3) is 0.727. The van der Waals surface area contributed by atoms with Crippen molar-refractivity contribution in [3.63, 3.8) is 0 Å². The number of aryl methyl sites for hydroxylation is 1. The smallest absolute Gasteiger partial charge is 0.244 e. The summed E-state index contributed by atoms with van der Waals surface area (Å²) in [4.78, 5) is 0.251. The molecule has 1 rings (SSSR count). The molecule has 0 aliphatic rings. The molecule has 98 valence electrons. The third-order valence-corrected chi connectivity index (χ3v) is 3.99. The molecule has 0 atom stereocenters. The molecule has 1 N–H and O–H groups in total. The van der Waals surface area contributed by atoms with Crippen LogP contribution in [-0.4, -0.2) is 23.7 Å². The van der Waals surface area contributed by atoms with Gasteiger partial charge in [0.2, 0.25) is 10.0 Å². The van der Waals surface area contributed by atoms with E-state index in [2.05, 4.69) is 9.82 Å². The van der Waals surface area contributed by atoms with Crippen LogP contribution in [0.1, 0.15) is 46.4 Å². The molecular weight excluding hydrogens is 238 g/mol. The maximum Gasteiger partial charge on any atom is 0.244 e. The predicted molar refractivity (Wildman–Crippen MR) is 67.4 cm³/mol. The summed E-state index contributed by atoms with van der Waals surface area (Å²) < 4.78 is 28.6. The van der Waals surface area contributed by atoms with Gasteiger partial charge in [0.05, 0.1) is 5.69 Å². The number of rotatable bonds is 3. The van der Waals surface area contributed by atoms with E-state index in [9.17, 15) is 8.42 Å². The number of aromatic nitrogens is 2. The Labute approximate surface area is 103 Å². The van der Waals surface area contributed by atoms with E-state index in [1.165, 1.54) is 0 Å². The van der Waals surface area contributed by atoms with Gasteiger partial charge in [0, 0.05) is 17.8 Å². The Balaban J connectivity index is 3.16. The molecule has 5 nitrogen and oxygen atoms in total. The maximum atomic E-state index is 12.1. The summed E-state index contributed by atoms with van der Waals surface area (Å²) in [5, 5.41) is 4.20. The summed E-state index contributed by atoms with van der Waals surface area (Å²) in [5.74, 6) is 0. The first-order valence-electron chi connectivity index (χ1n) is 5.62. The highest BCUT2D eigenvalue weighted by atomic mass is 32.2. The molecule has 0 saturated heterocycles. The Morgan fingerprint density at radius 1 is 1.35 bits per heavy atom. The van der Waals surface area contributed by atoms with Crippen molar-refractivity contribution in [1.29, 1.82) is 0 Å². The van der Waals surface area contributed by atoms with Crippen molar-refractivity contribution in [2.75, 3.05) is 0 Å². The molecule has 6 heteroatoms. The minimum atomic E-state index is -3.49. The molecule has 0 aliphatic carbocycles. The van der Waals surface area contributed by atoms with E-state index >= 15 is 0 Å². The molecule has 0 bridgehead atoms. The zero-order chi connectivity index (χ0) is 13.4. The van der Waals surface area contributed by atoms with Crippen LogP contribution in [0.5, 0.6) is 0 Å². The van der Waals surface area contributed by atoms with E-state index in [4.69, 9.17) is 0 Å². The molecule has 0 aliphatic heterocycles. The van der Waals surface area contributed by atoms with E-state index in [1.54, 1.807) is 17.8 Å². The van der Waals surface area contributed by atoms with Crippen LogP contribution in [0, 0.1) is 6.92 Å². The highest BCUT2D eigenvalue weighted by Crippen LogP contribution is 2.18. The Kier molecular flexibility index (Phi) is 3.69. The molecule has 17 heavy (non-hydrogen) atoms. The van der Waals surface area contributed by atoms with Gasteiger partial charge < -0.3 is 0 Å². The van der Waals surface area contributed by atoms with Gasteiger partial charge in [0.25, 0.3) is 0 Å². The lowest BCUT2D eigenvalue weighted by atomic mass is 10.1. The first-order chi connectivity index (χ1) is 7.53. The Morgan fingerprint density at radius 2 is 1.88 bits per heavy atom. The first kappa shape index (κ1) is 14.2. The fourth-order valence-electron chi connectivity index (χ4n) is 1.45. The molecule has 0 saturated carbocycles. The van der Waals surface area contributed by atoms with Crippen molar-refractivity contribution >= 4 is 10.0 Å². The molecular formula is C11H21N3O2S. The van der Waals surface area contributed by atoms with Crippen molar-refractivity contribution in [3.05, 3.63) is 11.9 Å². The summed E-state index contributed by atoms with van der Waals surface area (Å²) in [7, 11) is -3.49. The van der Waals surface area contributed by atoms with Crippen LogP contribution in [0.25, 0.3) is 0 Å². The Morgan fingerprint density at radius 3 is 2.24 bits per heavy atom. The first-order valence-corrected chi connectivity index (χ1v) is 7.11. The number of nitrogens with one attached hydrogen (secondary N) is 1. The van der Waals surface area contributed by atoms with Crippen molar-refractivity contribution in [2.45, 2.75) is 58.0 Å². The van der Waals surface area contributed by atoms with Gasteiger partial charge in [-0.15, -0.1) is 0 Å². The zero-order valence-electron chi connectivity index (χ0n) is 11.3. The largest absolute Gasteiger partial charge is 0.269 e. The third-order valence-electron chi connectivity index (χ3n) is 2.13. The molecule has 0 fully saturated rings. The summed E-state index contributed by atoms with van der Waals surface area (Å²) in [6, 6.07) is 0.146. The topological polar surface area (TPSA) is 64.0 Å². The van der Waals surface area contributed by atoms with Gasteiger partial charge in [0.1, 0.15) is 4.90 Å². The lowest BCUT2D eigenvalue weighted by Gasteiger charge is -2.19. The molecule has 0 aromatic carbocycles. The van der Waals surface area contributed by atoms with Crippen molar-refractivity contribution in [2.24, 2.45) is 0 Å². The average Bonchev–Trinajstić information content (AvgIpc) is 2.43. The van der Waals surface area contributed by atoms with Gasteiger partial charge in [-0.3, -0.25) is 4.68 Å². The third kappa shape index (κ3) is 3.54. The quantitative estimate of drug-likeness (QED) is 0.901. The predicted octanol–water partition coefficient (Wildman–Crippen LogP) is 1.85. The van der Waals surface area contributed by atoms with Crippen molar-refractivity contribution in [1.82, 2.24) is 14.5 Å². The fourth-order valence-corrected chi connectivity index (χ4v) is 3.04. The average molecular weight is 259 g/mol. The second-order valence-electron chi connectivity index (χ2n) is 5.51. The SMILES string of the molecule is Cc1nn(C(C)C)cc1S(=O)(=O)NC(C)(C)C. The molecule has 1 aromatic heterocycles. The van der Waals surface area contributed by atoms with Crippen LogP contribution < -0.4 is 4.72 Å². The van der Waals surface area contributed by atoms with E-state index in [0.717, 1.165) is 0 Å². The van der Waals surface area contributed by atoms with Crippen molar-refractivity contribution < 1.29 is 8.42 Å². The van der Waals surface area contributed by atoms with Crippen molar-refractivity contribution in [3.8, 4) is 0 Å². The normalized spacial score (nSPS) is 13.4. The molecule has 1 aromatic rings. The summed E-state index contributed by atoms with van der Waals surface area (Å²) in [5.41, 5.74) is 0.0287. The zero-order valence-corrected chi connectivity index (χ0v) is 12.1. The van der Waals surface area contributed by atoms with Crippen LogP contribution in [0.2, 0.25) is 0 Å². The second kappa shape index (κ2) is 4.42. The lowest BCUT2D eigenvalue weighted by Crippen LogP contribution is -2.40. The van der Waals surface area contributed by atoms with E-state index in [1.807, 2.05) is 34.6 Å². The minimum Gasteiger partial charge on any atom is -0.269 e. The number of hydrogen-bond acceptors (Lipinski definition) is 3. The van der Waals surface area contributed by atoms with Gasteiger partial charge in [-0.2, -0.15) is 5.10 Å². The van der Waals surface area contributed by atoms with Gasteiger partial charge in [-0.1, -0.05) is 0 Å². The summed E-state index contributed by atoms with van der Waals surface area (Å²) in [6.45, 7) is 11.1.